The molecule has 9 nitrogen and oxygen atoms in total. The molecule has 1 saturated heterocycles. The van der Waals surface area contributed by atoms with E-state index in [0.29, 0.717) is 5.56 Å². The van der Waals surface area contributed by atoms with Gasteiger partial charge in [0.1, 0.15) is 24.1 Å². The van der Waals surface area contributed by atoms with Crippen molar-refractivity contribution in [3.63, 3.8) is 0 Å². The third-order valence-corrected chi connectivity index (χ3v) is 3.90. The highest BCUT2D eigenvalue weighted by Gasteiger charge is 2.43. The Labute approximate surface area is 142 Å². The van der Waals surface area contributed by atoms with Crippen LogP contribution in [0.3, 0.4) is 0 Å². The Balaban J connectivity index is 1.78. The maximum absolute atomic E-state index is 12.2. The molecule has 2 aromatic rings. The van der Waals surface area contributed by atoms with Gasteiger partial charge in [-0.3, -0.25) is 9.36 Å². The minimum Gasteiger partial charge on any atom is -0.394 e. The summed E-state index contributed by atoms with van der Waals surface area (Å²) in [6.45, 7) is -0.498. The summed E-state index contributed by atoms with van der Waals surface area (Å²) in [6.07, 6.45) is -3.59. The van der Waals surface area contributed by atoms with E-state index in [1.807, 2.05) is 0 Å². The highest BCUT2D eigenvalue weighted by molar-refractivity contribution is 6.03. The fraction of sp³-hybridized carbons (Fsp3) is 0.312. The lowest BCUT2D eigenvalue weighted by Crippen LogP contribution is -2.36. The van der Waals surface area contributed by atoms with Crippen molar-refractivity contribution < 1.29 is 24.9 Å². The maximum atomic E-state index is 12.2. The van der Waals surface area contributed by atoms with Crippen molar-refractivity contribution in [1.29, 1.82) is 0 Å². The fourth-order valence-corrected chi connectivity index (χ4v) is 2.56. The Hall–Kier alpha value is -2.59. The molecule has 0 bridgehead atoms. The first-order valence-electron chi connectivity index (χ1n) is 7.59. The molecule has 25 heavy (non-hydrogen) atoms. The van der Waals surface area contributed by atoms with Crippen LogP contribution in [0.15, 0.2) is 47.4 Å². The fourth-order valence-electron chi connectivity index (χ4n) is 2.56. The van der Waals surface area contributed by atoms with Crippen molar-refractivity contribution in [3.8, 4) is 0 Å². The highest BCUT2D eigenvalue weighted by atomic mass is 16.6. The number of amides is 1. The normalized spacial score (nSPS) is 25.7. The van der Waals surface area contributed by atoms with E-state index in [1.54, 1.807) is 30.3 Å². The molecule has 0 aliphatic carbocycles. The Morgan fingerprint density at radius 3 is 2.52 bits per heavy atom. The first-order valence-corrected chi connectivity index (χ1v) is 7.59. The summed E-state index contributed by atoms with van der Waals surface area (Å²) in [5.41, 5.74) is -0.363. The molecular weight excluding hydrogens is 330 g/mol. The first kappa shape index (κ1) is 17.2. The molecule has 1 amide bonds. The summed E-state index contributed by atoms with van der Waals surface area (Å²) in [7, 11) is 0. The number of carbonyl (C=O) groups excluding carboxylic acids is 1. The van der Waals surface area contributed by atoms with Crippen LogP contribution >= 0.6 is 0 Å². The summed E-state index contributed by atoms with van der Waals surface area (Å²) in [5.74, 6) is -0.375. The molecular formula is C16H17N3O6. The van der Waals surface area contributed by atoms with Gasteiger partial charge < -0.3 is 25.4 Å². The summed E-state index contributed by atoms with van der Waals surface area (Å²) < 4.78 is 6.27. The summed E-state index contributed by atoms with van der Waals surface area (Å²) >= 11 is 0. The number of rotatable bonds is 4. The number of benzene rings is 1. The molecule has 1 aliphatic rings. The number of anilines is 1. The Bertz CT molecular complexity index is 809. The molecule has 0 unspecified atom stereocenters. The number of ether oxygens (including phenoxy) is 1. The smallest absolute Gasteiger partial charge is 0.351 e. The van der Waals surface area contributed by atoms with E-state index in [1.165, 1.54) is 12.3 Å². The molecule has 0 spiro atoms. The van der Waals surface area contributed by atoms with Gasteiger partial charge in [0.2, 0.25) is 0 Å². The predicted molar refractivity (Wildman–Crippen MR) is 85.9 cm³/mol. The summed E-state index contributed by atoms with van der Waals surface area (Å²) in [5, 5.41) is 31.3. The second-order valence-corrected chi connectivity index (χ2v) is 5.55. The summed E-state index contributed by atoms with van der Waals surface area (Å²) in [6, 6.07) is 9.81. The van der Waals surface area contributed by atoms with Crippen LogP contribution in [0.5, 0.6) is 0 Å². The van der Waals surface area contributed by atoms with Crippen LogP contribution < -0.4 is 11.0 Å². The molecule has 1 fully saturated rings. The lowest BCUT2D eigenvalue weighted by molar-refractivity contribution is -0.0549. The zero-order valence-corrected chi connectivity index (χ0v) is 13.0. The topological polar surface area (TPSA) is 134 Å². The second kappa shape index (κ2) is 7.11. The standard InChI is InChI=1S/C16H17N3O6/c20-8-10-12(21)13(22)15(25-10)19-7-6-11(18-16(19)24)17-14(23)9-4-2-1-3-5-9/h1-7,10,12-13,15,20-22H,8H2,(H,17,18,23,24)/t10-,12-,13+,15-/m1/s1. The van der Waals surface area contributed by atoms with Crippen LogP contribution in [0.25, 0.3) is 0 Å². The number of nitrogens with zero attached hydrogens (tertiary/aromatic N) is 2. The van der Waals surface area contributed by atoms with Gasteiger partial charge in [0.05, 0.1) is 6.61 Å². The largest absolute Gasteiger partial charge is 0.394 e. The number of hydrogen-bond acceptors (Lipinski definition) is 7. The van der Waals surface area contributed by atoms with E-state index in [2.05, 4.69) is 10.3 Å². The van der Waals surface area contributed by atoms with Crippen LogP contribution in [0.1, 0.15) is 16.6 Å². The lowest BCUT2D eigenvalue weighted by Gasteiger charge is -2.17. The molecule has 0 saturated carbocycles. The minimum absolute atomic E-state index is 0.0434. The number of carbonyl (C=O) groups is 1. The summed E-state index contributed by atoms with van der Waals surface area (Å²) in [4.78, 5) is 27.9. The Morgan fingerprint density at radius 1 is 1.20 bits per heavy atom. The van der Waals surface area contributed by atoms with E-state index in [9.17, 15) is 19.8 Å². The van der Waals surface area contributed by atoms with Gasteiger partial charge in [0.15, 0.2) is 6.23 Å². The number of aliphatic hydroxyl groups excluding tert-OH is 3. The van der Waals surface area contributed by atoms with Gasteiger partial charge in [-0.15, -0.1) is 0 Å². The Kier molecular flexibility index (Phi) is 4.91. The average Bonchev–Trinajstić information content (AvgIpc) is 2.91. The van der Waals surface area contributed by atoms with Gasteiger partial charge in [-0.1, -0.05) is 18.2 Å². The molecule has 3 rings (SSSR count). The molecule has 1 aromatic carbocycles. The van der Waals surface area contributed by atoms with Gasteiger partial charge in [-0.2, -0.15) is 4.98 Å². The van der Waals surface area contributed by atoms with Crippen molar-refractivity contribution in [1.82, 2.24) is 9.55 Å². The number of aromatic nitrogens is 2. The van der Waals surface area contributed by atoms with E-state index >= 15 is 0 Å². The third kappa shape index (κ3) is 3.44. The van der Waals surface area contributed by atoms with E-state index < -0.39 is 42.7 Å². The van der Waals surface area contributed by atoms with E-state index in [-0.39, 0.29) is 5.82 Å². The molecule has 4 N–H and O–H groups in total. The van der Waals surface area contributed by atoms with Crippen molar-refractivity contribution in [2.45, 2.75) is 24.5 Å². The van der Waals surface area contributed by atoms with E-state index in [4.69, 9.17) is 9.84 Å². The number of aliphatic hydroxyl groups is 3. The first-order chi connectivity index (χ1) is 12.0. The SMILES string of the molecule is O=C(Nc1ccn([C@@H]2O[C@H](CO)[C@@H](O)[C@@H]2O)c(=O)n1)c1ccccc1. The van der Waals surface area contributed by atoms with Crippen LogP contribution in [-0.2, 0) is 4.74 Å². The monoisotopic (exact) mass is 347 g/mol. The van der Waals surface area contributed by atoms with Crippen LogP contribution in [0.2, 0.25) is 0 Å². The molecule has 1 aromatic heterocycles. The molecule has 0 radical (unpaired) electrons. The van der Waals surface area contributed by atoms with Gasteiger partial charge in [0, 0.05) is 11.8 Å². The van der Waals surface area contributed by atoms with Crippen molar-refractivity contribution >= 4 is 11.7 Å². The molecule has 2 heterocycles. The van der Waals surface area contributed by atoms with Crippen molar-refractivity contribution in [2.75, 3.05) is 11.9 Å². The highest BCUT2D eigenvalue weighted by Crippen LogP contribution is 2.28. The van der Waals surface area contributed by atoms with E-state index in [0.717, 1.165) is 4.57 Å². The average molecular weight is 347 g/mol. The lowest BCUT2D eigenvalue weighted by atomic mass is 10.1. The maximum Gasteiger partial charge on any atom is 0.351 e. The third-order valence-electron chi connectivity index (χ3n) is 3.90. The van der Waals surface area contributed by atoms with Crippen LogP contribution in [0.4, 0.5) is 5.82 Å². The van der Waals surface area contributed by atoms with Gasteiger partial charge in [-0.25, -0.2) is 4.79 Å². The molecule has 4 atom stereocenters. The number of nitrogens with one attached hydrogen (secondary N) is 1. The molecule has 9 heteroatoms. The van der Waals surface area contributed by atoms with Crippen LogP contribution in [-0.4, -0.2) is 55.7 Å². The Morgan fingerprint density at radius 2 is 1.92 bits per heavy atom. The van der Waals surface area contributed by atoms with Crippen molar-refractivity contribution in [2.24, 2.45) is 0 Å². The number of hydrogen-bond donors (Lipinski definition) is 4. The van der Waals surface area contributed by atoms with Gasteiger partial charge in [-0.05, 0) is 18.2 Å². The molecule has 1 aliphatic heterocycles. The van der Waals surface area contributed by atoms with Gasteiger partial charge >= 0.3 is 5.69 Å². The van der Waals surface area contributed by atoms with Gasteiger partial charge in [0.25, 0.3) is 5.91 Å². The minimum atomic E-state index is -1.39. The zero-order chi connectivity index (χ0) is 18.0. The van der Waals surface area contributed by atoms with Crippen LogP contribution in [0, 0.1) is 0 Å². The second-order valence-electron chi connectivity index (χ2n) is 5.55. The quantitative estimate of drug-likeness (QED) is 0.563. The zero-order valence-electron chi connectivity index (χ0n) is 13.0. The van der Waals surface area contributed by atoms with Crippen molar-refractivity contribution in [3.05, 3.63) is 58.6 Å². The molecule has 132 valence electrons. The predicted octanol–water partition coefficient (Wildman–Crippen LogP) is -0.893.